The fourth-order valence-corrected chi connectivity index (χ4v) is 2.84. The van der Waals surface area contributed by atoms with Gasteiger partial charge in [0.05, 0.1) is 17.2 Å². The maximum atomic E-state index is 12.3. The van der Waals surface area contributed by atoms with E-state index < -0.39 is 11.9 Å². The number of nitrogens with zero attached hydrogens (tertiary/aromatic N) is 2. The fraction of sp³-hybridized carbons (Fsp3) is 0.643. The molecule has 0 spiro atoms. The third-order valence-corrected chi connectivity index (χ3v) is 3.91. The van der Waals surface area contributed by atoms with Crippen LogP contribution in [-0.4, -0.2) is 32.8 Å². The number of hydrogen-bond donors (Lipinski definition) is 2. The Morgan fingerprint density at radius 2 is 2.05 bits per heavy atom. The second-order valence-corrected chi connectivity index (χ2v) is 5.46. The van der Waals surface area contributed by atoms with Gasteiger partial charge < -0.3 is 10.4 Å². The van der Waals surface area contributed by atoms with Gasteiger partial charge >= 0.3 is 5.97 Å². The standard InChI is InChI=1S/C14H21N3O3/c1-9-11(8-17(2)16-9)13(18)15-12-7-5-3-4-6-10(12)14(19)20/h8,10,12H,3-7H2,1-2H3,(H,15,18)(H,19,20)/t10-,12+/m1/s1. The minimum absolute atomic E-state index is 0.228. The molecule has 0 aromatic carbocycles. The van der Waals surface area contributed by atoms with Crippen LogP contribution in [0, 0.1) is 12.8 Å². The molecule has 0 saturated heterocycles. The zero-order valence-electron chi connectivity index (χ0n) is 11.9. The number of aliphatic carboxylic acids is 1. The number of carbonyl (C=O) groups is 2. The summed E-state index contributed by atoms with van der Waals surface area (Å²) < 4.78 is 1.59. The van der Waals surface area contributed by atoms with E-state index in [1.807, 2.05) is 0 Å². The second-order valence-electron chi connectivity index (χ2n) is 5.46. The average molecular weight is 279 g/mol. The van der Waals surface area contributed by atoms with E-state index in [0.717, 1.165) is 25.7 Å². The maximum absolute atomic E-state index is 12.3. The Morgan fingerprint density at radius 1 is 1.35 bits per heavy atom. The van der Waals surface area contributed by atoms with Crippen LogP contribution in [0.1, 0.15) is 48.2 Å². The van der Waals surface area contributed by atoms with Crippen molar-refractivity contribution in [3.05, 3.63) is 17.5 Å². The Balaban J connectivity index is 2.11. The zero-order valence-corrected chi connectivity index (χ0v) is 11.9. The van der Waals surface area contributed by atoms with Crippen molar-refractivity contribution in [2.45, 2.75) is 45.1 Å². The molecule has 1 heterocycles. The third-order valence-electron chi connectivity index (χ3n) is 3.91. The van der Waals surface area contributed by atoms with Gasteiger partial charge in [-0.1, -0.05) is 19.3 Å². The highest BCUT2D eigenvalue weighted by atomic mass is 16.4. The van der Waals surface area contributed by atoms with Gasteiger partial charge in [-0.3, -0.25) is 14.3 Å². The summed E-state index contributed by atoms with van der Waals surface area (Å²) in [5, 5.41) is 16.3. The summed E-state index contributed by atoms with van der Waals surface area (Å²) in [6.45, 7) is 1.77. The zero-order chi connectivity index (χ0) is 14.7. The van der Waals surface area contributed by atoms with Gasteiger partial charge in [-0.2, -0.15) is 5.10 Å². The number of rotatable bonds is 3. The van der Waals surface area contributed by atoms with Crippen LogP contribution in [0.2, 0.25) is 0 Å². The summed E-state index contributed by atoms with van der Waals surface area (Å²) in [5.41, 5.74) is 1.17. The van der Waals surface area contributed by atoms with Crippen LogP contribution in [0.4, 0.5) is 0 Å². The van der Waals surface area contributed by atoms with E-state index in [9.17, 15) is 14.7 Å². The Labute approximate surface area is 118 Å². The topological polar surface area (TPSA) is 84.2 Å². The highest BCUT2D eigenvalue weighted by Crippen LogP contribution is 2.24. The van der Waals surface area contributed by atoms with Crippen molar-refractivity contribution in [1.29, 1.82) is 0 Å². The molecule has 110 valence electrons. The molecule has 2 rings (SSSR count). The van der Waals surface area contributed by atoms with Crippen LogP contribution in [0.25, 0.3) is 0 Å². The van der Waals surface area contributed by atoms with Crippen molar-refractivity contribution in [2.75, 3.05) is 0 Å². The molecule has 0 unspecified atom stereocenters. The first-order chi connectivity index (χ1) is 9.49. The number of aryl methyl sites for hydroxylation is 2. The molecule has 6 heteroatoms. The van der Waals surface area contributed by atoms with E-state index in [-0.39, 0.29) is 11.9 Å². The Hall–Kier alpha value is -1.85. The second kappa shape index (κ2) is 6.07. The van der Waals surface area contributed by atoms with Crippen molar-refractivity contribution in [3.63, 3.8) is 0 Å². The van der Waals surface area contributed by atoms with E-state index in [1.54, 1.807) is 24.9 Å². The monoisotopic (exact) mass is 279 g/mol. The lowest BCUT2D eigenvalue weighted by atomic mass is 9.94. The van der Waals surface area contributed by atoms with Gasteiger partial charge in [0.25, 0.3) is 5.91 Å². The molecule has 1 saturated carbocycles. The number of aromatic nitrogens is 2. The summed E-state index contributed by atoms with van der Waals surface area (Å²) in [4.78, 5) is 23.6. The van der Waals surface area contributed by atoms with Gasteiger partial charge in [0.2, 0.25) is 0 Å². The van der Waals surface area contributed by atoms with Crippen molar-refractivity contribution < 1.29 is 14.7 Å². The number of amides is 1. The summed E-state index contributed by atoms with van der Waals surface area (Å²) in [7, 11) is 1.76. The molecule has 2 atom stereocenters. The lowest BCUT2D eigenvalue weighted by Crippen LogP contribution is -2.42. The molecular formula is C14H21N3O3. The molecule has 6 nitrogen and oxygen atoms in total. The highest BCUT2D eigenvalue weighted by molar-refractivity contribution is 5.95. The van der Waals surface area contributed by atoms with E-state index in [2.05, 4.69) is 10.4 Å². The molecule has 2 N–H and O–H groups in total. The first-order valence-corrected chi connectivity index (χ1v) is 7.03. The molecular weight excluding hydrogens is 258 g/mol. The smallest absolute Gasteiger partial charge is 0.308 e. The van der Waals surface area contributed by atoms with E-state index in [4.69, 9.17) is 0 Å². The minimum atomic E-state index is -0.819. The van der Waals surface area contributed by atoms with Gasteiger partial charge in [-0.25, -0.2) is 0 Å². The Bertz CT molecular complexity index is 510. The van der Waals surface area contributed by atoms with Crippen LogP contribution in [0.5, 0.6) is 0 Å². The molecule has 1 aromatic rings. The van der Waals surface area contributed by atoms with Crippen molar-refractivity contribution in [2.24, 2.45) is 13.0 Å². The van der Waals surface area contributed by atoms with Crippen molar-refractivity contribution in [3.8, 4) is 0 Å². The summed E-state index contributed by atoms with van der Waals surface area (Å²) >= 11 is 0. The van der Waals surface area contributed by atoms with E-state index in [1.165, 1.54) is 0 Å². The molecule has 1 aliphatic carbocycles. The SMILES string of the molecule is Cc1nn(C)cc1C(=O)N[C@H]1CCCCC[C@H]1C(=O)O. The molecule has 1 amide bonds. The normalized spacial score (nSPS) is 23.1. The molecule has 0 aliphatic heterocycles. The maximum Gasteiger partial charge on any atom is 0.308 e. The Morgan fingerprint density at radius 3 is 2.65 bits per heavy atom. The predicted octanol–water partition coefficient (Wildman–Crippen LogP) is 1.49. The van der Waals surface area contributed by atoms with Gasteiger partial charge in [0.1, 0.15) is 0 Å². The van der Waals surface area contributed by atoms with Crippen molar-refractivity contribution in [1.82, 2.24) is 15.1 Å². The van der Waals surface area contributed by atoms with Crippen LogP contribution >= 0.6 is 0 Å². The van der Waals surface area contributed by atoms with Crippen LogP contribution in [0.15, 0.2) is 6.20 Å². The van der Waals surface area contributed by atoms with Gasteiger partial charge in [0.15, 0.2) is 0 Å². The summed E-state index contributed by atoms with van der Waals surface area (Å²) in [6, 6.07) is -0.290. The minimum Gasteiger partial charge on any atom is -0.481 e. The first-order valence-electron chi connectivity index (χ1n) is 7.03. The van der Waals surface area contributed by atoms with Gasteiger partial charge in [0, 0.05) is 19.3 Å². The van der Waals surface area contributed by atoms with E-state index in [0.29, 0.717) is 17.7 Å². The van der Waals surface area contributed by atoms with Crippen LogP contribution in [0.3, 0.4) is 0 Å². The fourth-order valence-electron chi connectivity index (χ4n) is 2.84. The number of nitrogens with one attached hydrogen (secondary N) is 1. The summed E-state index contributed by atoms with van der Waals surface area (Å²) in [6.07, 6.45) is 5.92. The molecule has 1 aromatic heterocycles. The molecule has 0 radical (unpaired) electrons. The lowest BCUT2D eigenvalue weighted by molar-refractivity contribution is -0.142. The quantitative estimate of drug-likeness (QED) is 0.821. The van der Waals surface area contributed by atoms with Gasteiger partial charge in [-0.15, -0.1) is 0 Å². The Kier molecular flexibility index (Phi) is 4.42. The number of hydrogen-bond acceptors (Lipinski definition) is 3. The largest absolute Gasteiger partial charge is 0.481 e. The molecule has 0 bridgehead atoms. The van der Waals surface area contributed by atoms with E-state index >= 15 is 0 Å². The number of carbonyl (C=O) groups excluding carboxylic acids is 1. The molecule has 1 fully saturated rings. The first kappa shape index (κ1) is 14.6. The highest BCUT2D eigenvalue weighted by Gasteiger charge is 2.31. The molecule has 1 aliphatic rings. The van der Waals surface area contributed by atoms with Crippen LogP contribution < -0.4 is 5.32 Å². The average Bonchev–Trinajstić information content (AvgIpc) is 2.60. The molecule has 20 heavy (non-hydrogen) atoms. The number of carboxylic acids is 1. The lowest BCUT2D eigenvalue weighted by Gasteiger charge is -2.22. The van der Waals surface area contributed by atoms with Crippen molar-refractivity contribution >= 4 is 11.9 Å². The summed E-state index contributed by atoms with van der Waals surface area (Å²) in [5.74, 6) is -1.53. The number of carboxylic acid groups (broad SMARTS) is 1. The van der Waals surface area contributed by atoms with Gasteiger partial charge in [-0.05, 0) is 19.8 Å². The predicted molar refractivity (Wildman–Crippen MR) is 73.4 cm³/mol. The van der Waals surface area contributed by atoms with Crippen LogP contribution in [-0.2, 0) is 11.8 Å². The third kappa shape index (κ3) is 3.18.